The Morgan fingerprint density at radius 2 is 2.45 bits per heavy atom. The molecule has 0 saturated carbocycles. The van der Waals surface area contributed by atoms with Gasteiger partial charge >= 0.3 is 0 Å². The van der Waals surface area contributed by atoms with Crippen LogP contribution in [0.2, 0.25) is 0 Å². The number of nitrogens with one attached hydrogen (secondary N) is 1. The van der Waals surface area contributed by atoms with Gasteiger partial charge in [-0.2, -0.15) is 10.5 Å². The zero-order valence-electron chi connectivity index (χ0n) is 6.42. The van der Waals surface area contributed by atoms with E-state index in [4.69, 9.17) is 0 Å². The highest BCUT2D eigenvalue weighted by Gasteiger charge is 2.17. The lowest BCUT2D eigenvalue weighted by Gasteiger charge is -2.15. The number of aliphatic hydroxyl groups is 1. The molecule has 11 heavy (non-hydrogen) atoms. The lowest BCUT2D eigenvalue weighted by atomic mass is 10.0. The summed E-state index contributed by atoms with van der Waals surface area (Å²) in [4.78, 5) is 0. The Morgan fingerprint density at radius 3 is 3.18 bits per heavy atom. The van der Waals surface area contributed by atoms with E-state index in [1.807, 2.05) is 0 Å². The van der Waals surface area contributed by atoms with Crippen LogP contribution >= 0.6 is 10.5 Å². The molecule has 0 radical (unpaired) electrons. The zero-order valence-corrected chi connectivity index (χ0v) is 7.24. The third kappa shape index (κ3) is 1.09. The topological polar surface area (TPSA) is 32.3 Å². The van der Waals surface area contributed by atoms with Gasteiger partial charge in [0.15, 0.2) is 5.88 Å². The second-order valence-electron chi connectivity index (χ2n) is 2.81. The Kier molecular flexibility index (Phi) is 1.53. The summed E-state index contributed by atoms with van der Waals surface area (Å²) in [6.45, 7) is 0.867. The third-order valence-electron chi connectivity index (χ3n) is 1.92. The van der Waals surface area contributed by atoms with Crippen LogP contribution in [-0.4, -0.2) is 23.3 Å². The molecule has 2 aliphatic rings. The molecule has 2 N–H and O–H groups in total. The van der Waals surface area contributed by atoms with Gasteiger partial charge in [-0.3, -0.25) is 0 Å². The van der Waals surface area contributed by atoms with Crippen molar-refractivity contribution in [1.82, 2.24) is 5.32 Å². The fourth-order valence-corrected chi connectivity index (χ4v) is 2.79. The molecule has 60 valence electrons. The van der Waals surface area contributed by atoms with Gasteiger partial charge < -0.3 is 10.4 Å². The first-order chi connectivity index (χ1) is 5.27. The molecule has 0 aromatic carbocycles. The maximum Gasteiger partial charge on any atom is 0.192 e. The molecular weight excluding hydrogens is 158 g/mol. The standard InChI is InChI=1S/C8H11NOS/c1-11-4-6-2-3-9-8(10)7(6)5-11/h4-5,9-10H,2-3H2,1H3. The van der Waals surface area contributed by atoms with E-state index >= 15 is 0 Å². The van der Waals surface area contributed by atoms with E-state index in [1.165, 1.54) is 5.57 Å². The van der Waals surface area contributed by atoms with E-state index in [2.05, 4.69) is 22.3 Å². The third-order valence-corrected chi connectivity index (χ3v) is 3.18. The zero-order chi connectivity index (χ0) is 7.84. The minimum Gasteiger partial charge on any atom is -0.494 e. The summed E-state index contributed by atoms with van der Waals surface area (Å²) in [5, 5.41) is 16.7. The van der Waals surface area contributed by atoms with Crippen molar-refractivity contribution >= 4 is 15.9 Å². The largest absolute Gasteiger partial charge is 0.494 e. The van der Waals surface area contributed by atoms with Crippen molar-refractivity contribution in [2.75, 3.05) is 12.8 Å². The first-order valence-electron chi connectivity index (χ1n) is 3.64. The second-order valence-corrected chi connectivity index (χ2v) is 4.49. The van der Waals surface area contributed by atoms with Crippen LogP contribution in [0.15, 0.2) is 22.4 Å². The van der Waals surface area contributed by atoms with E-state index in [-0.39, 0.29) is 10.5 Å². The van der Waals surface area contributed by atoms with Gasteiger partial charge in [0.2, 0.25) is 0 Å². The van der Waals surface area contributed by atoms with Gasteiger partial charge in [0.05, 0.1) is 0 Å². The highest BCUT2D eigenvalue weighted by molar-refractivity contribution is 8.17. The highest BCUT2D eigenvalue weighted by atomic mass is 32.2. The summed E-state index contributed by atoms with van der Waals surface area (Å²) in [6, 6.07) is 0. The van der Waals surface area contributed by atoms with Gasteiger partial charge in [-0.1, -0.05) is 0 Å². The van der Waals surface area contributed by atoms with Crippen molar-refractivity contribution in [3.63, 3.8) is 0 Å². The summed E-state index contributed by atoms with van der Waals surface area (Å²) >= 11 is 0. The number of hydrogen-bond acceptors (Lipinski definition) is 2. The number of rotatable bonds is 0. The molecule has 3 heteroatoms. The van der Waals surface area contributed by atoms with Crippen LogP contribution < -0.4 is 5.32 Å². The van der Waals surface area contributed by atoms with E-state index in [9.17, 15) is 5.11 Å². The molecule has 0 bridgehead atoms. The van der Waals surface area contributed by atoms with Gasteiger partial charge in [0.25, 0.3) is 0 Å². The van der Waals surface area contributed by atoms with Crippen LogP contribution in [0.25, 0.3) is 0 Å². The predicted octanol–water partition coefficient (Wildman–Crippen LogP) is 1.35. The molecule has 0 spiro atoms. The Labute approximate surface area is 68.5 Å². The van der Waals surface area contributed by atoms with Crippen LogP contribution in [0.1, 0.15) is 6.42 Å². The van der Waals surface area contributed by atoms with Crippen molar-refractivity contribution < 1.29 is 5.11 Å². The molecule has 2 rings (SSSR count). The maximum absolute atomic E-state index is 9.40. The molecule has 2 heterocycles. The number of fused-ring (bicyclic) bond motifs is 1. The molecule has 0 amide bonds. The average molecular weight is 169 g/mol. The molecule has 0 saturated heterocycles. The monoisotopic (exact) mass is 169 g/mol. The Hall–Kier alpha value is -0.700. The Morgan fingerprint density at radius 1 is 1.64 bits per heavy atom. The van der Waals surface area contributed by atoms with E-state index in [1.54, 1.807) is 0 Å². The summed E-state index contributed by atoms with van der Waals surface area (Å²) in [5.41, 5.74) is 2.34. The number of aliphatic hydroxyl groups excluding tert-OH is 1. The first kappa shape index (κ1) is 6.98. The molecular formula is C8H11NOS. The van der Waals surface area contributed by atoms with Gasteiger partial charge in [-0.15, -0.1) is 0 Å². The SMILES string of the molecule is CS1=CC2=C(O)NCCC2=C1. The van der Waals surface area contributed by atoms with Crippen LogP contribution in [-0.2, 0) is 0 Å². The summed E-state index contributed by atoms with van der Waals surface area (Å²) in [7, 11) is 0.242. The van der Waals surface area contributed by atoms with Crippen molar-refractivity contribution in [3.05, 3.63) is 22.4 Å². The fourth-order valence-electron chi connectivity index (χ4n) is 1.40. The summed E-state index contributed by atoms with van der Waals surface area (Å²) in [6.07, 6.45) is 3.21. The number of hydrogen-bond donors (Lipinski definition) is 2. The van der Waals surface area contributed by atoms with Crippen LogP contribution in [0.3, 0.4) is 0 Å². The lowest BCUT2D eigenvalue weighted by Crippen LogP contribution is -2.22. The van der Waals surface area contributed by atoms with Crippen molar-refractivity contribution in [3.8, 4) is 0 Å². The molecule has 0 fully saturated rings. The van der Waals surface area contributed by atoms with Crippen LogP contribution in [0.4, 0.5) is 0 Å². The fraction of sp³-hybridized carbons (Fsp3) is 0.375. The minimum atomic E-state index is 0.242. The first-order valence-corrected chi connectivity index (χ1v) is 5.40. The Bertz CT molecular complexity index is 288. The van der Waals surface area contributed by atoms with Gasteiger partial charge in [-0.05, 0) is 29.0 Å². The van der Waals surface area contributed by atoms with Gasteiger partial charge in [0, 0.05) is 12.1 Å². The quantitative estimate of drug-likeness (QED) is 0.536. The van der Waals surface area contributed by atoms with Crippen LogP contribution in [0.5, 0.6) is 0 Å². The van der Waals surface area contributed by atoms with Crippen molar-refractivity contribution in [1.29, 1.82) is 0 Å². The van der Waals surface area contributed by atoms with Gasteiger partial charge in [-0.25, -0.2) is 0 Å². The summed E-state index contributed by atoms with van der Waals surface area (Å²) in [5.74, 6) is 0.361. The number of allylic oxidation sites excluding steroid dienone is 1. The maximum atomic E-state index is 9.40. The highest BCUT2D eigenvalue weighted by Crippen LogP contribution is 2.31. The van der Waals surface area contributed by atoms with Crippen LogP contribution in [0, 0.1) is 0 Å². The molecule has 2 nitrogen and oxygen atoms in total. The molecule has 0 aliphatic carbocycles. The second kappa shape index (κ2) is 2.41. The smallest absolute Gasteiger partial charge is 0.192 e. The lowest BCUT2D eigenvalue weighted by molar-refractivity contribution is 0.355. The Balaban J connectivity index is 2.47. The van der Waals surface area contributed by atoms with Gasteiger partial charge in [0.1, 0.15) is 0 Å². The molecule has 0 aromatic rings. The molecule has 1 atom stereocenters. The van der Waals surface area contributed by atoms with E-state index < -0.39 is 0 Å². The van der Waals surface area contributed by atoms with Crippen molar-refractivity contribution in [2.24, 2.45) is 0 Å². The molecule has 2 aliphatic heterocycles. The van der Waals surface area contributed by atoms with Crippen molar-refractivity contribution in [2.45, 2.75) is 6.42 Å². The van der Waals surface area contributed by atoms with E-state index in [0.717, 1.165) is 18.5 Å². The summed E-state index contributed by atoms with van der Waals surface area (Å²) < 4.78 is 0. The predicted molar refractivity (Wildman–Crippen MR) is 49.9 cm³/mol. The molecule has 1 unspecified atom stereocenters. The van der Waals surface area contributed by atoms with E-state index in [0.29, 0.717) is 5.88 Å². The average Bonchev–Trinajstić information content (AvgIpc) is 2.31. The molecule has 0 aromatic heterocycles. The minimum absolute atomic E-state index is 0.242. The normalized spacial score (nSPS) is 28.8.